The Labute approximate surface area is 180 Å². The Hall–Kier alpha value is -1.57. The Bertz CT molecular complexity index is 632. The fourth-order valence-electron chi connectivity index (χ4n) is 3.15. The standard InChI is InChI=1S/C21H32N4O.HI/c1-4-6-9-14-24(3)21(22-5-2)23-16-18-11-7-8-12-19(18)17-25-15-10-13-20(25)26;/h4,7-8,11-12H,1,5-6,9-10,13-17H2,2-3H3,(H,22,23);1H. The number of nitrogens with one attached hydrogen (secondary N) is 1. The summed E-state index contributed by atoms with van der Waals surface area (Å²) in [7, 11) is 2.07. The van der Waals surface area contributed by atoms with E-state index in [1.807, 2.05) is 23.1 Å². The second-order valence-corrected chi connectivity index (χ2v) is 6.71. The minimum absolute atomic E-state index is 0. The zero-order valence-electron chi connectivity index (χ0n) is 16.6. The van der Waals surface area contributed by atoms with E-state index >= 15 is 0 Å². The third kappa shape index (κ3) is 7.52. The lowest BCUT2D eigenvalue weighted by Gasteiger charge is -2.22. The summed E-state index contributed by atoms with van der Waals surface area (Å²) < 4.78 is 0. The summed E-state index contributed by atoms with van der Waals surface area (Å²) in [6, 6.07) is 8.30. The van der Waals surface area contributed by atoms with E-state index in [9.17, 15) is 4.79 Å². The summed E-state index contributed by atoms with van der Waals surface area (Å²) >= 11 is 0. The highest BCUT2D eigenvalue weighted by atomic mass is 127. The van der Waals surface area contributed by atoms with Crippen LogP contribution < -0.4 is 5.32 Å². The first-order valence-electron chi connectivity index (χ1n) is 9.60. The number of unbranched alkanes of at least 4 members (excludes halogenated alkanes) is 1. The van der Waals surface area contributed by atoms with Crippen LogP contribution in [0.25, 0.3) is 0 Å². The predicted molar refractivity (Wildman–Crippen MR) is 123 cm³/mol. The molecule has 0 saturated carbocycles. The number of nitrogens with zero attached hydrogens (tertiary/aromatic N) is 3. The maximum atomic E-state index is 11.9. The van der Waals surface area contributed by atoms with Gasteiger partial charge in [0.2, 0.25) is 5.91 Å². The molecule has 0 atom stereocenters. The smallest absolute Gasteiger partial charge is 0.222 e. The number of amides is 1. The van der Waals surface area contributed by atoms with Crippen LogP contribution in [0.15, 0.2) is 41.9 Å². The number of benzene rings is 1. The van der Waals surface area contributed by atoms with Crippen LogP contribution >= 0.6 is 24.0 Å². The highest BCUT2D eigenvalue weighted by Gasteiger charge is 2.20. The second kappa shape index (κ2) is 12.8. The number of halogens is 1. The van der Waals surface area contributed by atoms with E-state index in [1.165, 1.54) is 11.1 Å². The number of carbonyl (C=O) groups is 1. The van der Waals surface area contributed by atoms with Gasteiger partial charge in [-0.1, -0.05) is 30.3 Å². The van der Waals surface area contributed by atoms with Gasteiger partial charge in [0.05, 0.1) is 6.54 Å². The van der Waals surface area contributed by atoms with Crippen LogP contribution in [0, 0.1) is 0 Å². The number of hydrogen-bond donors (Lipinski definition) is 1. The van der Waals surface area contributed by atoms with Gasteiger partial charge in [0.15, 0.2) is 5.96 Å². The molecule has 0 unspecified atom stereocenters. The third-order valence-electron chi connectivity index (χ3n) is 4.65. The van der Waals surface area contributed by atoms with Crippen molar-refractivity contribution in [1.29, 1.82) is 0 Å². The van der Waals surface area contributed by atoms with Crippen LogP contribution in [0.5, 0.6) is 0 Å². The Balaban J connectivity index is 0.00000364. The molecular weight excluding hydrogens is 451 g/mol. The molecule has 1 aromatic rings. The number of allylic oxidation sites excluding steroid dienone is 1. The van der Waals surface area contributed by atoms with E-state index < -0.39 is 0 Å². The van der Waals surface area contributed by atoms with Gasteiger partial charge in [-0.25, -0.2) is 4.99 Å². The molecular formula is C21H33IN4O. The highest BCUT2D eigenvalue weighted by molar-refractivity contribution is 14.0. The van der Waals surface area contributed by atoms with Crippen LogP contribution in [0.4, 0.5) is 0 Å². The zero-order valence-corrected chi connectivity index (χ0v) is 18.9. The molecule has 27 heavy (non-hydrogen) atoms. The van der Waals surface area contributed by atoms with E-state index in [1.54, 1.807) is 0 Å². The van der Waals surface area contributed by atoms with Crippen LogP contribution in [-0.4, -0.2) is 48.3 Å². The number of aliphatic imine (C=N–C) groups is 1. The molecule has 0 radical (unpaired) electrons. The lowest BCUT2D eigenvalue weighted by molar-refractivity contribution is -0.128. The van der Waals surface area contributed by atoms with Gasteiger partial charge in [-0.15, -0.1) is 30.6 Å². The van der Waals surface area contributed by atoms with Crippen LogP contribution in [-0.2, 0) is 17.9 Å². The van der Waals surface area contributed by atoms with Crippen molar-refractivity contribution in [2.24, 2.45) is 4.99 Å². The molecule has 1 heterocycles. The average molecular weight is 484 g/mol. The largest absolute Gasteiger partial charge is 0.357 e. The molecule has 1 aromatic carbocycles. The van der Waals surface area contributed by atoms with E-state index in [4.69, 9.17) is 4.99 Å². The fourth-order valence-corrected chi connectivity index (χ4v) is 3.15. The topological polar surface area (TPSA) is 47.9 Å². The fraction of sp³-hybridized carbons (Fsp3) is 0.524. The van der Waals surface area contributed by atoms with Crippen LogP contribution in [0.1, 0.15) is 43.7 Å². The van der Waals surface area contributed by atoms with Gasteiger partial charge in [-0.2, -0.15) is 0 Å². The second-order valence-electron chi connectivity index (χ2n) is 6.71. The molecule has 1 amide bonds. The van der Waals surface area contributed by atoms with Gasteiger partial charge in [0.1, 0.15) is 0 Å². The average Bonchev–Trinajstić information content (AvgIpc) is 3.04. The van der Waals surface area contributed by atoms with Crippen LogP contribution in [0.2, 0.25) is 0 Å². The summed E-state index contributed by atoms with van der Waals surface area (Å²) in [4.78, 5) is 20.9. The predicted octanol–water partition coefficient (Wildman–Crippen LogP) is 3.79. The lowest BCUT2D eigenvalue weighted by atomic mass is 10.1. The number of hydrogen-bond acceptors (Lipinski definition) is 2. The van der Waals surface area contributed by atoms with E-state index in [-0.39, 0.29) is 29.9 Å². The van der Waals surface area contributed by atoms with Gasteiger partial charge in [-0.3, -0.25) is 4.79 Å². The number of rotatable bonds is 9. The van der Waals surface area contributed by atoms with Gasteiger partial charge < -0.3 is 15.1 Å². The van der Waals surface area contributed by atoms with Crippen molar-refractivity contribution >= 4 is 35.8 Å². The Kier molecular flexibility index (Phi) is 11.1. The normalized spacial score (nSPS) is 14.1. The maximum absolute atomic E-state index is 11.9. The summed E-state index contributed by atoms with van der Waals surface area (Å²) in [5, 5.41) is 3.36. The van der Waals surface area contributed by atoms with Crippen molar-refractivity contribution in [1.82, 2.24) is 15.1 Å². The van der Waals surface area contributed by atoms with Gasteiger partial charge in [-0.05, 0) is 37.3 Å². The van der Waals surface area contributed by atoms with Crippen molar-refractivity contribution in [2.45, 2.75) is 45.7 Å². The van der Waals surface area contributed by atoms with E-state index in [2.05, 4.69) is 42.9 Å². The quantitative estimate of drug-likeness (QED) is 0.191. The van der Waals surface area contributed by atoms with Crippen LogP contribution in [0.3, 0.4) is 0 Å². The summed E-state index contributed by atoms with van der Waals surface area (Å²) in [6.45, 7) is 9.83. The molecule has 1 saturated heterocycles. The minimum atomic E-state index is 0. The molecule has 150 valence electrons. The maximum Gasteiger partial charge on any atom is 0.222 e. The first kappa shape index (κ1) is 23.5. The molecule has 6 heteroatoms. The molecule has 1 N–H and O–H groups in total. The third-order valence-corrected chi connectivity index (χ3v) is 4.65. The van der Waals surface area contributed by atoms with Gasteiger partial charge in [0.25, 0.3) is 0 Å². The van der Waals surface area contributed by atoms with Crippen molar-refractivity contribution < 1.29 is 4.79 Å². The molecule has 0 aliphatic carbocycles. The molecule has 1 aliphatic rings. The first-order valence-corrected chi connectivity index (χ1v) is 9.60. The monoisotopic (exact) mass is 484 g/mol. The minimum Gasteiger partial charge on any atom is -0.357 e. The summed E-state index contributed by atoms with van der Waals surface area (Å²) in [6.07, 6.45) is 5.68. The van der Waals surface area contributed by atoms with Crippen molar-refractivity contribution in [3.63, 3.8) is 0 Å². The van der Waals surface area contributed by atoms with E-state index in [0.717, 1.165) is 44.9 Å². The zero-order chi connectivity index (χ0) is 18.8. The molecule has 2 rings (SSSR count). The van der Waals surface area contributed by atoms with Crippen molar-refractivity contribution in [3.8, 4) is 0 Å². The van der Waals surface area contributed by atoms with Gasteiger partial charge >= 0.3 is 0 Å². The molecule has 5 nitrogen and oxygen atoms in total. The molecule has 1 aliphatic heterocycles. The number of guanidine groups is 1. The summed E-state index contributed by atoms with van der Waals surface area (Å²) in [5.41, 5.74) is 2.37. The molecule has 0 spiro atoms. The van der Waals surface area contributed by atoms with Gasteiger partial charge in [0, 0.05) is 39.6 Å². The Morgan fingerprint density at radius 1 is 1.37 bits per heavy atom. The molecule has 0 bridgehead atoms. The highest BCUT2D eigenvalue weighted by Crippen LogP contribution is 2.18. The Morgan fingerprint density at radius 3 is 2.74 bits per heavy atom. The van der Waals surface area contributed by atoms with Crippen molar-refractivity contribution in [2.75, 3.05) is 26.7 Å². The first-order chi connectivity index (χ1) is 12.7. The lowest BCUT2D eigenvalue weighted by Crippen LogP contribution is -2.39. The molecule has 1 fully saturated rings. The van der Waals surface area contributed by atoms with E-state index in [0.29, 0.717) is 19.5 Å². The number of likely N-dealkylation sites (tertiary alicyclic amines) is 1. The molecule has 0 aromatic heterocycles. The summed E-state index contributed by atoms with van der Waals surface area (Å²) in [5.74, 6) is 1.18. The number of carbonyl (C=O) groups excluding carboxylic acids is 1. The Morgan fingerprint density at radius 2 is 2.11 bits per heavy atom. The SMILES string of the molecule is C=CCCCN(C)C(=NCc1ccccc1CN1CCCC1=O)NCC.I. The van der Waals surface area contributed by atoms with Crippen molar-refractivity contribution in [3.05, 3.63) is 48.0 Å².